The first-order chi connectivity index (χ1) is 13.7. The van der Waals surface area contributed by atoms with Crippen molar-refractivity contribution in [3.8, 4) is 5.75 Å². The Hall–Kier alpha value is -2.57. The molecule has 0 aliphatic rings. The Morgan fingerprint density at radius 2 is 1.86 bits per heavy atom. The van der Waals surface area contributed by atoms with Gasteiger partial charge in [-0.15, -0.1) is 0 Å². The molecule has 0 aliphatic heterocycles. The van der Waals surface area contributed by atoms with Gasteiger partial charge < -0.3 is 9.84 Å². The SMILES string of the molecule is C=C(C)/C(=C\C(=N/C)C(F)(F)F)c1ccc(OCc2ccc(Cl)cc2)cc1CO. The van der Waals surface area contributed by atoms with Gasteiger partial charge in [0, 0.05) is 12.1 Å². The second kappa shape index (κ2) is 9.76. The molecule has 0 heterocycles. The molecule has 0 aromatic heterocycles. The molecular formula is C22H21ClF3NO2. The van der Waals surface area contributed by atoms with Crippen LogP contribution in [0.5, 0.6) is 5.75 Å². The first-order valence-electron chi connectivity index (χ1n) is 8.68. The summed E-state index contributed by atoms with van der Waals surface area (Å²) in [5.41, 5.74) is 1.40. The Balaban J connectivity index is 2.34. The number of hydrogen-bond donors (Lipinski definition) is 1. The molecule has 1 N–H and O–H groups in total. The molecule has 0 fully saturated rings. The minimum atomic E-state index is -4.59. The van der Waals surface area contributed by atoms with Gasteiger partial charge in [0.2, 0.25) is 0 Å². The van der Waals surface area contributed by atoms with Crippen molar-refractivity contribution in [2.45, 2.75) is 26.3 Å². The van der Waals surface area contributed by atoms with Gasteiger partial charge in [-0.05, 0) is 59.5 Å². The molecule has 3 nitrogen and oxygen atoms in total. The largest absolute Gasteiger partial charge is 0.489 e. The molecule has 2 aromatic rings. The summed E-state index contributed by atoms with van der Waals surface area (Å²) in [4.78, 5) is 3.33. The van der Waals surface area contributed by atoms with Crippen LogP contribution in [0, 0.1) is 0 Å². The van der Waals surface area contributed by atoms with Crippen molar-refractivity contribution < 1.29 is 23.0 Å². The highest BCUT2D eigenvalue weighted by atomic mass is 35.5. The summed E-state index contributed by atoms with van der Waals surface area (Å²) in [5, 5.41) is 10.4. The van der Waals surface area contributed by atoms with Crippen LogP contribution in [0.25, 0.3) is 5.57 Å². The quantitative estimate of drug-likeness (QED) is 0.438. The molecule has 0 spiro atoms. The van der Waals surface area contributed by atoms with Crippen LogP contribution in [0.15, 0.2) is 65.7 Å². The van der Waals surface area contributed by atoms with Gasteiger partial charge in [-0.3, -0.25) is 4.99 Å². The summed E-state index contributed by atoms with van der Waals surface area (Å²) in [6.07, 6.45) is -3.65. The van der Waals surface area contributed by atoms with Crippen LogP contribution in [0.1, 0.15) is 23.6 Å². The average molecular weight is 424 g/mol. The van der Waals surface area contributed by atoms with Crippen LogP contribution in [0.2, 0.25) is 5.02 Å². The van der Waals surface area contributed by atoms with Crippen molar-refractivity contribution in [3.63, 3.8) is 0 Å². The first-order valence-corrected chi connectivity index (χ1v) is 9.06. The lowest BCUT2D eigenvalue weighted by Gasteiger charge is -2.16. The maximum Gasteiger partial charge on any atom is 0.432 e. The van der Waals surface area contributed by atoms with E-state index in [1.54, 1.807) is 37.3 Å². The first kappa shape index (κ1) is 22.7. The van der Waals surface area contributed by atoms with Crippen molar-refractivity contribution >= 4 is 22.9 Å². The molecule has 7 heteroatoms. The zero-order chi connectivity index (χ0) is 21.6. The van der Waals surface area contributed by atoms with Crippen molar-refractivity contribution in [2.24, 2.45) is 4.99 Å². The summed E-state index contributed by atoms with van der Waals surface area (Å²) in [6.45, 7) is 5.28. The number of hydrogen-bond acceptors (Lipinski definition) is 3. The third-order valence-electron chi connectivity index (χ3n) is 4.13. The van der Waals surface area contributed by atoms with Crippen LogP contribution < -0.4 is 4.74 Å². The van der Waals surface area contributed by atoms with Crippen LogP contribution in [-0.4, -0.2) is 24.0 Å². The number of alkyl halides is 3. The van der Waals surface area contributed by atoms with Gasteiger partial charge in [0.15, 0.2) is 0 Å². The summed E-state index contributed by atoms with van der Waals surface area (Å²) in [6, 6.07) is 12.0. The number of aliphatic hydroxyl groups is 1. The lowest BCUT2D eigenvalue weighted by molar-refractivity contribution is -0.0577. The van der Waals surface area contributed by atoms with E-state index in [2.05, 4.69) is 11.6 Å². The fourth-order valence-corrected chi connectivity index (χ4v) is 2.77. The Morgan fingerprint density at radius 1 is 1.21 bits per heavy atom. The molecular weight excluding hydrogens is 403 g/mol. The Morgan fingerprint density at radius 3 is 2.38 bits per heavy atom. The molecule has 0 radical (unpaired) electrons. The highest BCUT2D eigenvalue weighted by molar-refractivity contribution is 6.30. The summed E-state index contributed by atoms with van der Waals surface area (Å²) in [7, 11) is 1.08. The Kier molecular flexibility index (Phi) is 7.65. The van der Waals surface area contributed by atoms with E-state index in [0.717, 1.165) is 18.7 Å². The minimum absolute atomic E-state index is 0.247. The van der Waals surface area contributed by atoms with Crippen LogP contribution in [0.3, 0.4) is 0 Å². The Bertz CT molecular complexity index is 932. The summed E-state index contributed by atoms with van der Waals surface area (Å²) in [5.74, 6) is 0.481. The third-order valence-corrected chi connectivity index (χ3v) is 4.38. The van der Waals surface area contributed by atoms with Crippen LogP contribution >= 0.6 is 11.6 Å². The molecule has 2 aromatic carbocycles. The topological polar surface area (TPSA) is 41.8 Å². The van der Waals surface area contributed by atoms with Crippen molar-refractivity contribution in [1.29, 1.82) is 0 Å². The van der Waals surface area contributed by atoms with Crippen LogP contribution in [0.4, 0.5) is 13.2 Å². The molecule has 0 aliphatic carbocycles. The number of nitrogens with zero attached hydrogens (tertiary/aromatic N) is 1. The lowest BCUT2D eigenvalue weighted by atomic mass is 9.94. The van der Waals surface area contributed by atoms with Crippen molar-refractivity contribution in [3.05, 3.63) is 82.4 Å². The number of benzene rings is 2. The molecule has 0 bridgehead atoms. The van der Waals surface area contributed by atoms with E-state index in [0.29, 0.717) is 27.5 Å². The molecule has 2 rings (SSSR count). The molecule has 0 atom stereocenters. The van der Waals surface area contributed by atoms with Gasteiger partial charge in [-0.1, -0.05) is 42.0 Å². The highest BCUT2D eigenvalue weighted by Gasteiger charge is 2.34. The maximum absolute atomic E-state index is 13.1. The van der Waals surface area contributed by atoms with E-state index < -0.39 is 11.9 Å². The third kappa shape index (κ3) is 6.21. The minimum Gasteiger partial charge on any atom is -0.489 e. The second-order valence-corrected chi connectivity index (χ2v) is 6.77. The fourth-order valence-electron chi connectivity index (χ4n) is 2.64. The summed E-state index contributed by atoms with van der Waals surface area (Å²) >= 11 is 5.86. The Labute approximate surface area is 172 Å². The van der Waals surface area contributed by atoms with Crippen LogP contribution in [-0.2, 0) is 13.2 Å². The summed E-state index contributed by atoms with van der Waals surface area (Å²) < 4.78 is 45.1. The number of allylic oxidation sites excluding steroid dienone is 3. The van der Waals surface area contributed by atoms with E-state index in [4.69, 9.17) is 16.3 Å². The maximum atomic E-state index is 13.1. The second-order valence-electron chi connectivity index (χ2n) is 6.34. The zero-order valence-electron chi connectivity index (χ0n) is 16.1. The number of rotatable bonds is 7. The normalized spacial score (nSPS) is 12.8. The van der Waals surface area contributed by atoms with Gasteiger partial charge in [0.1, 0.15) is 18.1 Å². The van der Waals surface area contributed by atoms with Gasteiger partial charge in [-0.2, -0.15) is 13.2 Å². The number of ether oxygens (including phenoxy) is 1. The smallest absolute Gasteiger partial charge is 0.432 e. The predicted octanol–water partition coefficient (Wildman–Crippen LogP) is 6.00. The highest BCUT2D eigenvalue weighted by Crippen LogP contribution is 2.31. The van der Waals surface area contributed by atoms with E-state index in [9.17, 15) is 18.3 Å². The standard InChI is InChI=1S/C22H21ClF3NO2/c1-14(2)20(11-21(27-3)22(24,25)26)19-9-8-18(10-16(19)12-28)29-13-15-4-6-17(23)7-5-15/h4-11,28H,1,12-13H2,2-3H3/b20-11+,27-21+. The molecule has 0 saturated carbocycles. The molecule has 0 unspecified atom stereocenters. The van der Waals surface area contributed by atoms with Gasteiger partial charge >= 0.3 is 6.18 Å². The zero-order valence-corrected chi connectivity index (χ0v) is 16.8. The van der Waals surface area contributed by atoms with Crippen molar-refractivity contribution in [1.82, 2.24) is 0 Å². The number of aliphatic hydroxyl groups excluding tert-OH is 1. The molecule has 29 heavy (non-hydrogen) atoms. The van der Waals surface area contributed by atoms with E-state index in [-0.39, 0.29) is 18.8 Å². The van der Waals surface area contributed by atoms with Gasteiger partial charge in [-0.25, -0.2) is 0 Å². The molecule has 154 valence electrons. The van der Waals surface area contributed by atoms with Crippen molar-refractivity contribution in [2.75, 3.05) is 7.05 Å². The molecule has 0 amide bonds. The average Bonchev–Trinajstić information content (AvgIpc) is 2.67. The molecule has 0 saturated heterocycles. The van der Waals surface area contributed by atoms with Gasteiger partial charge in [0.05, 0.1) is 6.61 Å². The number of aliphatic imine (C=N–C) groups is 1. The van der Waals surface area contributed by atoms with E-state index >= 15 is 0 Å². The fraction of sp³-hybridized carbons (Fsp3) is 0.227. The predicted molar refractivity (Wildman–Crippen MR) is 110 cm³/mol. The number of halogens is 4. The van der Waals surface area contributed by atoms with E-state index in [1.807, 2.05) is 12.1 Å². The van der Waals surface area contributed by atoms with Gasteiger partial charge in [0.25, 0.3) is 0 Å². The monoisotopic (exact) mass is 423 g/mol. The van der Waals surface area contributed by atoms with E-state index in [1.165, 1.54) is 0 Å². The lowest BCUT2D eigenvalue weighted by Crippen LogP contribution is -2.21.